The van der Waals surface area contributed by atoms with Gasteiger partial charge in [0.2, 0.25) is 0 Å². The summed E-state index contributed by atoms with van der Waals surface area (Å²) in [6, 6.07) is 10.7. The van der Waals surface area contributed by atoms with E-state index in [0.29, 0.717) is 32.7 Å². The monoisotopic (exact) mass is 351 g/mol. The maximum Gasteiger partial charge on any atom is 0.272 e. The van der Waals surface area contributed by atoms with Gasteiger partial charge in [0.05, 0.1) is 0 Å². The fourth-order valence-corrected chi connectivity index (χ4v) is 2.78. The van der Waals surface area contributed by atoms with Crippen LogP contribution in [0.2, 0.25) is 0 Å². The average Bonchev–Trinajstić information content (AvgIpc) is 2.72. The molecule has 7 nitrogen and oxygen atoms in total. The zero-order valence-corrected chi connectivity index (χ0v) is 14.5. The first-order valence-corrected chi connectivity index (χ1v) is 8.50. The summed E-state index contributed by atoms with van der Waals surface area (Å²) >= 11 is 0. The lowest BCUT2D eigenvalue weighted by Crippen LogP contribution is -2.49. The van der Waals surface area contributed by atoms with Crippen molar-refractivity contribution < 1.29 is 9.59 Å². The Balaban J connectivity index is 1.63. The zero-order chi connectivity index (χ0) is 18.4. The topological polar surface area (TPSA) is 78.4 Å². The molecule has 7 heteroatoms. The Kier molecular flexibility index (Phi) is 5.58. The molecule has 0 bridgehead atoms. The number of carbonyl (C=O) groups excluding carboxylic acids is 2. The van der Waals surface area contributed by atoms with Crippen molar-refractivity contribution >= 4 is 17.6 Å². The largest absolute Gasteiger partial charge is 0.353 e. The first kappa shape index (κ1) is 17.6. The summed E-state index contributed by atoms with van der Waals surface area (Å²) in [5, 5.41) is 2.66. The summed E-state index contributed by atoms with van der Waals surface area (Å²) in [6.45, 7) is 6.51. The number of rotatable bonds is 5. The normalized spacial score (nSPS) is 14.0. The second kappa shape index (κ2) is 8.24. The Morgan fingerprint density at radius 2 is 1.85 bits per heavy atom. The van der Waals surface area contributed by atoms with Crippen LogP contribution in [0.3, 0.4) is 0 Å². The maximum atomic E-state index is 12.7. The van der Waals surface area contributed by atoms with Crippen LogP contribution in [0.5, 0.6) is 0 Å². The first-order valence-electron chi connectivity index (χ1n) is 8.50. The molecule has 0 radical (unpaired) electrons. The van der Waals surface area contributed by atoms with Crippen LogP contribution in [-0.4, -0.2) is 59.4 Å². The van der Waals surface area contributed by atoms with E-state index in [2.05, 4.69) is 26.8 Å². The minimum atomic E-state index is -0.320. The van der Waals surface area contributed by atoms with Crippen LogP contribution >= 0.6 is 0 Å². The maximum absolute atomic E-state index is 12.7. The van der Waals surface area contributed by atoms with Gasteiger partial charge in [-0.25, -0.2) is 9.97 Å². The van der Waals surface area contributed by atoms with Gasteiger partial charge in [0.25, 0.3) is 11.8 Å². The van der Waals surface area contributed by atoms with Crippen molar-refractivity contribution in [1.29, 1.82) is 0 Å². The Morgan fingerprint density at radius 1 is 1.08 bits per heavy atom. The van der Waals surface area contributed by atoms with Crippen molar-refractivity contribution in [2.45, 2.75) is 0 Å². The number of hydrogen-bond acceptors (Lipinski definition) is 5. The summed E-state index contributed by atoms with van der Waals surface area (Å²) in [4.78, 5) is 37.2. The number of pyridine rings is 2. The van der Waals surface area contributed by atoms with Gasteiger partial charge >= 0.3 is 0 Å². The molecule has 0 atom stereocenters. The smallest absolute Gasteiger partial charge is 0.272 e. The first-order chi connectivity index (χ1) is 12.7. The number of aromatic nitrogens is 2. The van der Waals surface area contributed by atoms with Gasteiger partial charge in [-0.3, -0.25) is 9.59 Å². The second-order valence-corrected chi connectivity index (χ2v) is 5.87. The van der Waals surface area contributed by atoms with Gasteiger partial charge in [0, 0.05) is 38.9 Å². The Bertz CT molecular complexity index is 786. The number of piperazine rings is 1. The van der Waals surface area contributed by atoms with Crippen LogP contribution in [0.4, 0.5) is 5.82 Å². The Hall–Kier alpha value is -3.22. The van der Waals surface area contributed by atoms with Crippen molar-refractivity contribution in [2.24, 2.45) is 0 Å². The molecule has 26 heavy (non-hydrogen) atoms. The van der Waals surface area contributed by atoms with Crippen LogP contribution in [-0.2, 0) is 0 Å². The molecule has 0 aliphatic carbocycles. The molecule has 134 valence electrons. The van der Waals surface area contributed by atoms with Crippen LogP contribution in [0.1, 0.15) is 21.0 Å². The van der Waals surface area contributed by atoms with E-state index in [0.717, 1.165) is 5.82 Å². The van der Waals surface area contributed by atoms with E-state index in [1.54, 1.807) is 35.4 Å². The molecule has 1 aliphatic rings. The molecule has 3 heterocycles. The van der Waals surface area contributed by atoms with Crippen LogP contribution in [0.25, 0.3) is 0 Å². The molecule has 1 N–H and O–H groups in total. The van der Waals surface area contributed by atoms with Crippen molar-refractivity contribution in [1.82, 2.24) is 20.2 Å². The van der Waals surface area contributed by atoms with Gasteiger partial charge in [-0.2, -0.15) is 0 Å². The highest BCUT2D eigenvalue weighted by Gasteiger charge is 2.24. The molecule has 0 saturated carbocycles. The molecule has 1 fully saturated rings. The van der Waals surface area contributed by atoms with E-state index in [1.807, 2.05) is 18.2 Å². The molecule has 0 unspecified atom stereocenters. The predicted octanol–water partition coefficient (Wildman–Crippen LogP) is 1.35. The van der Waals surface area contributed by atoms with Gasteiger partial charge in [0.15, 0.2) is 0 Å². The molecular weight excluding hydrogens is 330 g/mol. The van der Waals surface area contributed by atoms with Crippen molar-refractivity contribution in [2.75, 3.05) is 37.6 Å². The van der Waals surface area contributed by atoms with Gasteiger partial charge < -0.3 is 15.1 Å². The van der Waals surface area contributed by atoms with E-state index in [1.165, 1.54) is 0 Å². The third kappa shape index (κ3) is 4.05. The number of hydrogen-bond donors (Lipinski definition) is 1. The molecule has 3 rings (SSSR count). The fourth-order valence-electron chi connectivity index (χ4n) is 2.78. The Labute approximate surface area is 152 Å². The van der Waals surface area contributed by atoms with Crippen molar-refractivity contribution in [3.8, 4) is 0 Å². The van der Waals surface area contributed by atoms with Gasteiger partial charge in [-0.15, -0.1) is 6.58 Å². The fraction of sp³-hybridized carbons (Fsp3) is 0.263. The molecule has 2 aromatic heterocycles. The summed E-state index contributed by atoms with van der Waals surface area (Å²) in [5.41, 5.74) is 0.507. The highest BCUT2D eigenvalue weighted by molar-refractivity contribution is 5.96. The van der Waals surface area contributed by atoms with Crippen LogP contribution in [0.15, 0.2) is 55.3 Å². The zero-order valence-electron chi connectivity index (χ0n) is 14.5. The minimum absolute atomic E-state index is 0.163. The number of anilines is 1. The van der Waals surface area contributed by atoms with E-state index in [9.17, 15) is 9.59 Å². The number of nitrogens with zero attached hydrogens (tertiary/aromatic N) is 4. The number of nitrogens with one attached hydrogen (secondary N) is 1. The minimum Gasteiger partial charge on any atom is -0.353 e. The lowest BCUT2D eigenvalue weighted by molar-refractivity contribution is 0.0740. The van der Waals surface area contributed by atoms with Crippen molar-refractivity contribution in [3.05, 3.63) is 66.6 Å². The molecular formula is C19H21N5O2. The summed E-state index contributed by atoms with van der Waals surface area (Å²) < 4.78 is 0. The molecule has 1 aliphatic heterocycles. The quantitative estimate of drug-likeness (QED) is 0.823. The second-order valence-electron chi connectivity index (χ2n) is 5.87. The summed E-state index contributed by atoms with van der Waals surface area (Å²) in [5.74, 6) is 0.433. The third-order valence-electron chi connectivity index (χ3n) is 4.15. The van der Waals surface area contributed by atoms with E-state index < -0.39 is 0 Å². The van der Waals surface area contributed by atoms with Crippen LogP contribution in [0, 0.1) is 0 Å². The number of carbonyl (C=O) groups is 2. The molecule has 1 saturated heterocycles. The highest BCUT2D eigenvalue weighted by Crippen LogP contribution is 2.14. The van der Waals surface area contributed by atoms with E-state index in [4.69, 9.17) is 0 Å². The lowest BCUT2D eigenvalue weighted by atomic mass is 10.2. The Morgan fingerprint density at radius 3 is 2.54 bits per heavy atom. The highest BCUT2D eigenvalue weighted by atomic mass is 16.2. The predicted molar refractivity (Wildman–Crippen MR) is 99.1 cm³/mol. The third-order valence-corrected chi connectivity index (χ3v) is 4.15. The van der Waals surface area contributed by atoms with E-state index in [-0.39, 0.29) is 23.2 Å². The lowest BCUT2D eigenvalue weighted by Gasteiger charge is -2.35. The molecule has 0 aromatic carbocycles. The molecule has 2 amide bonds. The standard InChI is InChI=1S/C19H21N5O2/c1-2-9-21-18(25)15-6-5-7-16(22-15)19(26)24-13-11-23(12-14-24)17-8-3-4-10-20-17/h2-8,10H,1,9,11-14H2,(H,21,25). The van der Waals surface area contributed by atoms with Crippen molar-refractivity contribution in [3.63, 3.8) is 0 Å². The van der Waals surface area contributed by atoms with Crippen LogP contribution < -0.4 is 10.2 Å². The number of amides is 2. The van der Waals surface area contributed by atoms with Gasteiger partial charge in [0.1, 0.15) is 17.2 Å². The van der Waals surface area contributed by atoms with E-state index >= 15 is 0 Å². The molecule has 2 aromatic rings. The van der Waals surface area contributed by atoms with Gasteiger partial charge in [-0.1, -0.05) is 18.2 Å². The SMILES string of the molecule is C=CCNC(=O)c1cccc(C(=O)N2CCN(c3ccccn3)CC2)n1. The summed E-state index contributed by atoms with van der Waals surface area (Å²) in [7, 11) is 0. The molecule has 0 spiro atoms. The average molecular weight is 351 g/mol. The summed E-state index contributed by atoms with van der Waals surface area (Å²) in [6.07, 6.45) is 3.35. The van der Waals surface area contributed by atoms with Gasteiger partial charge in [-0.05, 0) is 24.3 Å².